The molecule has 0 aliphatic heterocycles. The highest BCUT2D eigenvalue weighted by Crippen LogP contribution is 2.21. The molecule has 138 valence electrons. The summed E-state index contributed by atoms with van der Waals surface area (Å²) in [4.78, 5) is 22.9. The van der Waals surface area contributed by atoms with E-state index in [1.165, 1.54) is 0 Å². The van der Waals surface area contributed by atoms with Crippen LogP contribution >= 0.6 is 11.6 Å². The highest BCUT2D eigenvalue weighted by molar-refractivity contribution is 6.31. The van der Waals surface area contributed by atoms with Crippen molar-refractivity contribution in [2.45, 2.75) is 6.92 Å². The lowest BCUT2D eigenvalue weighted by atomic mass is 10.2. The summed E-state index contributed by atoms with van der Waals surface area (Å²) >= 11 is 6.10. The maximum Gasteiger partial charge on any atom is 0.274 e. The van der Waals surface area contributed by atoms with Crippen LogP contribution in [0.2, 0.25) is 5.02 Å². The third-order valence-electron chi connectivity index (χ3n) is 3.96. The molecule has 3 rings (SSSR count). The standard InChI is InChI=1S/C20H20ClN5O/c1-13-4-5-15(12-17(13)21)23-19(27)18-10-11-22-20(25-18)24-14-6-8-16(9-7-14)26(2)3/h4-12H,1-3H3,(H,23,27)(H,22,24,25). The molecule has 1 amide bonds. The van der Waals surface area contributed by atoms with Crippen molar-refractivity contribution < 1.29 is 4.79 Å². The average molecular weight is 382 g/mol. The third-order valence-corrected chi connectivity index (χ3v) is 4.36. The predicted octanol–water partition coefficient (Wildman–Crippen LogP) is 4.50. The van der Waals surface area contributed by atoms with E-state index < -0.39 is 0 Å². The topological polar surface area (TPSA) is 70.2 Å². The second kappa shape index (κ2) is 8.05. The summed E-state index contributed by atoms with van der Waals surface area (Å²) < 4.78 is 0. The van der Waals surface area contributed by atoms with Crippen LogP contribution in [0.15, 0.2) is 54.7 Å². The predicted molar refractivity (Wildman–Crippen MR) is 110 cm³/mol. The number of anilines is 4. The van der Waals surface area contributed by atoms with Crippen molar-refractivity contribution in [1.82, 2.24) is 9.97 Å². The van der Waals surface area contributed by atoms with Crippen molar-refractivity contribution in [3.05, 3.63) is 71.0 Å². The normalized spacial score (nSPS) is 10.4. The number of halogens is 1. The Morgan fingerprint density at radius 1 is 1.04 bits per heavy atom. The van der Waals surface area contributed by atoms with Gasteiger partial charge in [-0.05, 0) is 55.0 Å². The van der Waals surface area contributed by atoms with Gasteiger partial charge in [0.2, 0.25) is 5.95 Å². The van der Waals surface area contributed by atoms with Gasteiger partial charge < -0.3 is 15.5 Å². The summed E-state index contributed by atoms with van der Waals surface area (Å²) in [7, 11) is 3.96. The van der Waals surface area contributed by atoms with E-state index in [1.807, 2.05) is 56.3 Å². The lowest BCUT2D eigenvalue weighted by Gasteiger charge is -2.13. The monoisotopic (exact) mass is 381 g/mol. The van der Waals surface area contributed by atoms with Crippen molar-refractivity contribution in [2.75, 3.05) is 29.6 Å². The van der Waals surface area contributed by atoms with Gasteiger partial charge in [0.05, 0.1) is 0 Å². The summed E-state index contributed by atoms with van der Waals surface area (Å²) in [6.07, 6.45) is 1.54. The molecular weight excluding hydrogens is 362 g/mol. The molecule has 2 aromatic carbocycles. The van der Waals surface area contributed by atoms with E-state index in [4.69, 9.17) is 11.6 Å². The van der Waals surface area contributed by atoms with Gasteiger partial charge in [0.25, 0.3) is 5.91 Å². The van der Waals surface area contributed by atoms with Crippen LogP contribution in [-0.4, -0.2) is 30.0 Å². The zero-order valence-corrected chi connectivity index (χ0v) is 16.1. The number of carbonyl (C=O) groups is 1. The second-order valence-electron chi connectivity index (χ2n) is 6.25. The fourth-order valence-corrected chi connectivity index (χ4v) is 2.56. The minimum atomic E-state index is -0.330. The van der Waals surface area contributed by atoms with Gasteiger partial charge in [-0.2, -0.15) is 0 Å². The summed E-state index contributed by atoms with van der Waals surface area (Å²) in [5.74, 6) is 0.0190. The molecule has 0 fully saturated rings. The fourth-order valence-electron chi connectivity index (χ4n) is 2.38. The van der Waals surface area contributed by atoms with Crippen LogP contribution in [0.5, 0.6) is 0 Å². The van der Waals surface area contributed by atoms with Crippen LogP contribution < -0.4 is 15.5 Å². The Kier molecular flexibility index (Phi) is 5.57. The largest absolute Gasteiger partial charge is 0.378 e. The number of hydrogen-bond acceptors (Lipinski definition) is 5. The van der Waals surface area contributed by atoms with Gasteiger partial charge in [-0.1, -0.05) is 17.7 Å². The van der Waals surface area contributed by atoms with Crippen LogP contribution in [0.4, 0.5) is 23.0 Å². The van der Waals surface area contributed by atoms with Crippen LogP contribution in [0, 0.1) is 6.92 Å². The van der Waals surface area contributed by atoms with E-state index in [2.05, 4.69) is 20.6 Å². The average Bonchev–Trinajstić information content (AvgIpc) is 2.65. The quantitative estimate of drug-likeness (QED) is 0.680. The zero-order chi connectivity index (χ0) is 19.4. The van der Waals surface area contributed by atoms with Crippen molar-refractivity contribution in [3.63, 3.8) is 0 Å². The highest BCUT2D eigenvalue weighted by atomic mass is 35.5. The number of rotatable bonds is 5. The summed E-state index contributed by atoms with van der Waals surface area (Å²) in [6.45, 7) is 1.90. The molecule has 6 nitrogen and oxygen atoms in total. The molecule has 0 radical (unpaired) electrons. The molecule has 0 aliphatic carbocycles. The molecule has 3 aromatic rings. The smallest absolute Gasteiger partial charge is 0.274 e. The molecule has 0 unspecified atom stereocenters. The first kappa shape index (κ1) is 18.7. The van der Waals surface area contributed by atoms with Crippen molar-refractivity contribution in [1.29, 1.82) is 0 Å². The SMILES string of the molecule is Cc1ccc(NC(=O)c2ccnc(Nc3ccc(N(C)C)cc3)n2)cc1Cl. The lowest BCUT2D eigenvalue weighted by Crippen LogP contribution is -2.14. The van der Waals surface area contributed by atoms with Crippen LogP contribution in [-0.2, 0) is 0 Å². The Morgan fingerprint density at radius 3 is 2.41 bits per heavy atom. The Balaban J connectivity index is 1.72. The van der Waals surface area contributed by atoms with E-state index in [1.54, 1.807) is 24.4 Å². The first-order chi connectivity index (χ1) is 12.9. The van der Waals surface area contributed by atoms with Gasteiger partial charge in [-0.15, -0.1) is 0 Å². The fraction of sp³-hybridized carbons (Fsp3) is 0.150. The first-order valence-corrected chi connectivity index (χ1v) is 8.75. The Bertz CT molecular complexity index is 957. The van der Waals surface area contributed by atoms with Crippen molar-refractivity contribution >= 4 is 40.5 Å². The highest BCUT2D eigenvalue weighted by Gasteiger charge is 2.10. The van der Waals surface area contributed by atoms with Crippen LogP contribution in [0.3, 0.4) is 0 Å². The molecular formula is C20H20ClN5O. The van der Waals surface area contributed by atoms with E-state index in [0.29, 0.717) is 16.7 Å². The number of hydrogen-bond donors (Lipinski definition) is 2. The zero-order valence-electron chi connectivity index (χ0n) is 15.3. The molecule has 7 heteroatoms. The second-order valence-corrected chi connectivity index (χ2v) is 6.66. The van der Waals surface area contributed by atoms with Gasteiger partial charge in [0, 0.05) is 42.4 Å². The minimum absolute atomic E-state index is 0.258. The van der Waals surface area contributed by atoms with Gasteiger partial charge in [0.15, 0.2) is 0 Å². The molecule has 0 bridgehead atoms. The van der Waals surface area contributed by atoms with E-state index >= 15 is 0 Å². The van der Waals surface area contributed by atoms with Crippen LogP contribution in [0.1, 0.15) is 16.1 Å². The summed E-state index contributed by atoms with van der Waals surface area (Å²) in [5, 5.41) is 6.49. The van der Waals surface area contributed by atoms with Gasteiger partial charge in [-0.25, -0.2) is 9.97 Å². The van der Waals surface area contributed by atoms with E-state index in [-0.39, 0.29) is 11.6 Å². The maximum atomic E-state index is 12.5. The number of amides is 1. The Labute approximate surface area is 163 Å². The number of nitrogens with one attached hydrogen (secondary N) is 2. The Hall–Kier alpha value is -3.12. The molecule has 27 heavy (non-hydrogen) atoms. The maximum absolute atomic E-state index is 12.5. The number of aromatic nitrogens is 2. The number of nitrogens with zero attached hydrogens (tertiary/aromatic N) is 3. The molecule has 0 saturated heterocycles. The minimum Gasteiger partial charge on any atom is -0.378 e. The third kappa shape index (κ3) is 4.74. The van der Waals surface area contributed by atoms with E-state index in [0.717, 1.165) is 16.9 Å². The lowest BCUT2D eigenvalue weighted by molar-refractivity contribution is 0.102. The van der Waals surface area contributed by atoms with Gasteiger partial charge >= 0.3 is 0 Å². The first-order valence-electron chi connectivity index (χ1n) is 8.37. The van der Waals surface area contributed by atoms with Crippen molar-refractivity contribution in [2.24, 2.45) is 0 Å². The summed E-state index contributed by atoms with van der Waals surface area (Å²) in [6, 6.07) is 14.8. The van der Waals surface area contributed by atoms with Gasteiger partial charge in [-0.3, -0.25) is 4.79 Å². The molecule has 0 atom stereocenters. The van der Waals surface area contributed by atoms with Crippen molar-refractivity contribution in [3.8, 4) is 0 Å². The van der Waals surface area contributed by atoms with Gasteiger partial charge in [0.1, 0.15) is 5.69 Å². The molecule has 0 aliphatic rings. The molecule has 0 saturated carbocycles. The molecule has 2 N–H and O–H groups in total. The molecule has 1 aromatic heterocycles. The number of aryl methyl sites for hydroxylation is 1. The molecule has 1 heterocycles. The Morgan fingerprint density at radius 2 is 1.74 bits per heavy atom. The van der Waals surface area contributed by atoms with Crippen LogP contribution in [0.25, 0.3) is 0 Å². The van der Waals surface area contributed by atoms with E-state index in [9.17, 15) is 4.79 Å². The number of carbonyl (C=O) groups excluding carboxylic acids is 1. The summed E-state index contributed by atoms with van der Waals surface area (Å²) in [5.41, 5.74) is 3.75. The molecule has 0 spiro atoms. The number of benzene rings is 2.